The van der Waals surface area contributed by atoms with Gasteiger partial charge in [-0.2, -0.15) is 0 Å². The molecule has 132 valence electrons. The van der Waals surface area contributed by atoms with Crippen molar-refractivity contribution in [2.45, 2.75) is 110 Å². The second kappa shape index (κ2) is 16.8. The number of hydrogen-bond donors (Lipinski definition) is 0. The highest BCUT2D eigenvalue weighted by atomic mass is 16.5. The van der Waals surface area contributed by atoms with Crippen molar-refractivity contribution in [3.63, 3.8) is 0 Å². The molecule has 0 unspecified atom stereocenters. The van der Waals surface area contributed by atoms with Crippen molar-refractivity contribution < 1.29 is 9.53 Å². The van der Waals surface area contributed by atoms with Gasteiger partial charge in [-0.25, -0.2) is 0 Å². The molecule has 0 radical (unpaired) electrons. The van der Waals surface area contributed by atoms with Crippen LogP contribution in [0.4, 0.5) is 0 Å². The third-order valence-corrected chi connectivity index (χ3v) is 4.75. The highest BCUT2D eigenvalue weighted by Gasteiger charge is 2.00. The Morgan fingerprint density at radius 2 is 1.18 bits per heavy atom. The maximum atomic E-state index is 10.9. The van der Waals surface area contributed by atoms with Crippen LogP contribution in [0.3, 0.4) is 0 Å². The molecule has 0 aromatic heterocycles. The molecule has 0 aliphatic heterocycles. The van der Waals surface area contributed by atoms with Crippen LogP contribution in [0.15, 0.2) is 0 Å². The van der Waals surface area contributed by atoms with Crippen LogP contribution in [0.2, 0.25) is 0 Å². The van der Waals surface area contributed by atoms with Gasteiger partial charge in [0.25, 0.3) is 0 Å². The Kier molecular flexibility index (Phi) is 16.4. The van der Waals surface area contributed by atoms with E-state index in [9.17, 15) is 4.79 Å². The van der Waals surface area contributed by atoms with Crippen LogP contribution in [-0.2, 0) is 9.53 Å². The summed E-state index contributed by atoms with van der Waals surface area (Å²) in [6, 6.07) is 0. The van der Waals surface area contributed by atoms with Crippen molar-refractivity contribution in [2.24, 2.45) is 5.92 Å². The predicted molar refractivity (Wildman–Crippen MR) is 96.1 cm³/mol. The van der Waals surface area contributed by atoms with Crippen molar-refractivity contribution in [3.8, 4) is 0 Å². The average Bonchev–Trinajstić information content (AvgIpc) is 2.54. The molecule has 0 aromatic rings. The Balaban J connectivity index is 3.04. The van der Waals surface area contributed by atoms with Crippen LogP contribution in [0.25, 0.3) is 0 Å². The van der Waals surface area contributed by atoms with Crippen LogP contribution in [0.5, 0.6) is 0 Å². The summed E-state index contributed by atoms with van der Waals surface area (Å²) in [5.41, 5.74) is 0. The zero-order valence-corrected chi connectivity index (χ0v) is 15.5. The Hall–Kier alpha value is -0.530. The van der Waals surface area contributed by atoms with Crippen molar-refractivity contribution in [2.75, 3.05) is 7.11 Å². The molecule has 0 bridgehead atoms. The lowest BCUT2D eigenvalue weighted by Gasteiger charge is -2.07. The van der Waals surface area contributed by atoms with Gasteiger partial charge in [-0.3, -0.25) is 4.79 Å². The summed E-state index contributed by atoms with van der Waals surface area (Å²) in [4.78, 5) is 10.9. The number of hydrogen-bond acceptors (Lipinski definition) is 2. The molecule has 0 fully saturated rings. The predicted octanol–water partition coefficient (Wildman–Crippen LogP) is 6.67. The van der Waals surface area contributed by atoms with Gasteiger partial charge in [-0.05, 0) is 12.3 Å². The first-order chi connectivity index (χ1) is 10.7. The largest absolute Gasteiger partial charge is 0.469 e. The van der Waals surface area contributed by atoms with Crippen LogP contribution in [0.1, 0.15) is 110 Å². The summed E-state index contributed by atoms with van der Waals surface area (Å²) >= 11 is 0. The third kappa shape index (κ3) is 15.9. The van der Waals surface area contributed by atoms with E-state index in [1.807, 2.05) is 0 Å². The minimum Gasteiger partial charge on any atom is -0.469 e. The fourth-order valence-electron chi connectivity index (χ4n) is 2.84. The molecule has 0 amide bonds. The molecule has 0 saturated carbocycles. The van der Waals surface area contributed by atoms with Crippen molar-refractivity contribution in [1.29, 1.82) is 0 Å². The maximum absolute atomic E-state index is 10.9. The minimum atomic E-state index is -0.0656. The van der Waals surface area contributed by atoms with Gasteiger partial charge >= 0.3 is 5.97 Å². The van der Waals surface area contributed by atoms with E-state index in [1.165, 1.54) is 90.6 Å². The molecular weight excluding hydrogens is 272 g/mol. The third-order valence-electron chi connectivity index (χ3n) is 4.75. The van der Waals surface area contributed by atoms with Gasteiger partial charge in [0.15, 0.2) is 0 Å². The number of esters is 1. The highest BCUT2D eigenvalue weighted by molar-refractivity contribution is 5.68. The van der Waals surface area contributed by atoms with Gasteiger partial charge in [-0.1, -0.05) is 97.3 Å². The Morgan fingerprint density at radius 1 is 0.773 bits per heavy atom. The van der Waals surface area contributed by atoms with E-state index in [0.29, 0.717) is 6.42 Å². The van der Waals surface area contributed by atoms with Gasteiger partial charge in [0.1, 0.15) is 0 Å². The smallest absolute Gasteiger partial charge is 0.305 e. The molecule has 0 saturated heterocycles. The number of rotatable bonds is 16. The molecular formula is C20H40O2. The molecule has 0 N–H and O–H groups in total. The molecule has 22 heavy (non-hydrogen) atoms. The number of carbonyl (C=O) groups excluding carboxylic acids is 1. The molecule has 1 atom stereocenters. The van der Waals surface area contributed by atoms with Crippen molar-refractivity contribution >= 4 is 5.97 Å². The van der Waals surface area contributed by atoms with Crippen molar-refractivity contribution in [1.82, 2.24) is 0 Å². The van der Waals surface area contributed by atoms with E-state index in [2.05, 4.69) is 18.6 Å². The van der Waals surface area contributed by atoms with E-state index in [-0.39, 0.29) is 5.97 Å². The summed E-state index contributed by atoms with van der Waals surface area (Å²) in [7, 11) is 1.47. The average molecular weight is 313 g/mol. The summed E-state index contributed by atoms with van der Waals surface area (Å²) in [5.74, 6) is 0.858. The Bertz CT molecular complexity index is 238. The molecule has 0 aromatic carbocycles. The van der Waals surface area contributed by atoms with Gasteiger partial charge in [-0.15, -0.1) is 0 Å². The lowest BCUT2D eigenvalue weighted by molar-refractivity contribution is -0.140. The first-order valence-corrected chi connectivity index (χ1v) is 9.77. The second-order valence-corrected chi connectivity index (χ2v) is 6.87. The molecule has 0 rings (SSSR count). The zero-order chi connectivity index (χ0) is 16.5. The SMILES string of the molecule is CC[C@H](C)CCCCCCCCCCCCCCC(=O)OC. The summed E-state index contributed by atoms with van der Waals surface area (Å²) in [5, 5.41) is 0. The van der Waals surface area contributed by atoms with E-state index in [4.69, 9.17) is 0 Å². The summed E-state index contributed by atoms with van der Waals surface area (Å²) < 4.78 is 4.64. The van der Waals surface area contributed by atoms with Gasteiger partial charge in [0.05, 0.1) is 7.11 Å². The van der Waals surface area contributed by atoms with E-state index >= 15 is 0 Å². The van der Waals surface area contributed by atoms with Crippen LogP contribution >= 0.6 is 0 Å². The topological polar surface area (TPSA) is 26.3 Å². The monoisotopic (exact) mass is 312 g/mol. The molecule has 2 nitrogen and oxygen atoms in total. The number of ether oxygens (including phenoxy) is 1. The molecule has 0 aliphatic carbocycles. The molecule has 0 heterocycles. The van der Waals surface area contributed by atoms with Crippen LogP contribution < -0.4 is 0 Å². The van der Waals surface area contributed by atoms with Gasteiger partial charge < -0.3 is 4.74 Å². The lowest BCUT2D eigenvalue weighted by Crippen LogP contribution is -1.99. The van der Waals surface area contributed by atoms with Crippen molar-refractivity contribution in [3.05, 3.63) is 0 Å². The first-order valence-electron chi connectivity index (χ1n) is 9.77. The summed E-state index contributed by atoms with van der Waals surface area (Å²) in [6.07, 6.45) is 19.4. The number of unbranched alkanes of at least 4 members (excludes halogenated alkanes) is 11. The standard InChI is InChI=1S/C20H40O2/c1-4-19(2)17-15-13-11-9-7-5-6-8-10-12-14-16-18-20(21)22-3/h19H,4-18H2,1-3H3/t19-/m0/s1. The van der Waals surface area contributed by atoms with Crippen LogP contribution in [-0.4, -0.2) is 13.1 Å². The molecule has 0 aliphatic rings. The Labute approximate surface area is 139 Å². The highest BCUT2D eigenvalue weighted by Crippen LogP contribution is 2.15. The van der Waals surface area contributed by atoms with E-state index < -0.39 is 0 Å². The normalized spacial score (nSPS) is 12.3. The second-order valence-electron chi connectivity index (χ2n) is 6.87. The fourth-order valence-corrected chi connectivity index (χ4v) is 2.84. The minimum absolute atomic E-state index is 0.0656. The van der Waals surface area contributed by atoms with E-state index in [1.54, 1.807) is 0 Å². The summed E-state index contributed by atoms with van der Waals surface area (Å²) in [6.45, 7) is 4.67. The van der Waals surface area contributed by atoms with Gasteiger partial charge in [0.2, 0.25) is 0 Å². The molecule has 2 heteroatoms. The van der Waals surface area contributed by atoms with Crippen LogP contribution in [0, 0.1) is 5.92 Å². The van der Waals surface area contributed by atoms with Gasteiger partial charge in [0, 0.05) is 6.42 Å². The lowest BCUT2D eigenvalue weighted by atomic mass is 9.99. The number of carbonyl (C=O) groups is 1. The van der Waals surface area contributed by atoms with E-state index in [0.717, 1.165) is 12.3 Å². The number of methoxy groups -OCH3 is 1. The molecule has 0 spiro atoms. The Morgan fingerprint density at radius 3 is 1.59 bits per heavy atom. The zero-order valence-electron chi connectivity index (χ0n) is 15.5. The fraction of sp³-hybridized carbons (Fsp3) is 0.950. The maximum Gasteiger partial charge on any atom is 0.305 e. The quantitative estimate of drug-likeness (QED) is 0.235. The first kappa shape index (κ1) is 21.5.